The van der Waals surface area contributed by atoms with Crippen LogP contribution in [0.25, 0.3) is 10.9 Å². The van der Waals surface area contributed by atoms with Crippen molar-refractivity contribution < 1.29 is 9.90 Å². The molecule has 0 fully saturated rings. The fourth-order valence-electron chi connectivity index (χ4n) is 2.45. The zero-order valence-electron chi connectivity index (χ0n) is 10.9. The third kappa shape index (κ3) is 2.30. The molecule has 2 aromatic heterocycles. The molecule has 1 N–H and O–H groups in total. The van der Waals surface area contributed by atoms with Crippen LogP contribution in [0, 0.1) is 0 Å². The lowest BCUT2D eigenvalue weighted by Gasteiger charge is -2.06. The second-order valence-corrected chi connectivity index (χ2v) is 4.71. The number of benzene rings is 1. The van der Waals surface area contributed by atoms with Gasteiger partial charge in [0.25, 0.3) is 0 Å². The molecule has 0 aliphatic rings. The number of carboxylic acids is 1. The van der Waals surface area contributed by atoms with Gasteiger partial charge in [-0.15, -0.1) is 0 Å². The summed E-state index contributed by atoms with van der Waals surface area (Å²) in [5, 5.41) is 9.97. The van der Waals surface area contributed by atoms with Crippen LogP contribution in [0.2, 0.25) is 0 Å². The van der Waals surface area contributed by atoms with Gasteiger partial charge in [0.2, 0.25) is 0 Å². The van der Waals surface area contributed by atoms with E-state index in [2.05, 4.69) is 9.55 Å². The van der Waals surface area contributed by atoms with Gasteiger partial charge in [-0.2, -0.15) is 0 Å². The van der Waals surface area contributed by atoms with Gasteiger partial charge >= 0.3 is 5.97 Å². The van der Waals surface area contributed by atoms with E-state index >= 15 is 0 Å². The van der Waals surface area contributed by atoms with E-state index in [1.54, 1.807) is 24.7 Å². The van der Waals surface area contributed by atoms with Crippen molar-refractivity contribution >= 4 is 16.9 Å². The normalized spacial score (nSPS) is 11.0. The molecule has 3 rings (SSSR count). The van der Waals surface area contributed by atoms with Gasteiger partial charge in [0.15, 0.2) is 0 Å². The number of fused-ring (bicyclic) bond motifs is 1. The molecule has 0 radical (unpaired) electrons. The first-order chi connectivity index (χ1) is 9.75. The Hall–Kier alpha value is -2.56. The van der Waals surface area contributed by atoms with Crippen LogP contribution in [-0.4, -0.2) is 25.2 Å². The van der Waals surface area contributed by atoms with Crippen LogP contribution in [-0.2, 0) is 13.1 Å². The Morgan fingerprint density at radius 1 is 1.20 bits per heavy atom. The molecule has 0 saturated carbocycles. The maximum absolute atomic E-state index is 11.2. The molecule has 0 unspecified atom stereocenters. The Bertz CT molecular complexity index is 729. The highest BCUT2D eigenvalue weighted by molar-refractivity contribution is 6.02. The Balaban J connectivity index is 1.79. The average Bonchev–Trinajstić information content (AvgIpc) is 3.08. The summed E-state index contributed by atoms with van der Waals surface area (Å²) in [6.07, 6.45) is 8.43. The van der Waals surface area contributed by atoms with Crippen LogP contribution in [0.3, 0.4) is 0 Å². The third-order valence-corrected chi connectivity index (χ3v) is 3.42. The van der Waals surface area contributed by atoms with Gasteiger partial charge in [0.05, 0.1) is 11.9 Å². The Morgan fingerprint density at radius 3 is 2.85 bits per heavy atom. The second kappa shape index (κ2) is 5.21. The lowest BCUT2D eigenvalue weighted by molar-refractivity contribution is 0.0699. The number of carbonyl (C=O) groups is 1. The van der Waals surface area contributed by atoms with Crippen molar-refractivity contribution in [2.45, 2.75) is 19.5 Å². The van der Waals surface area contributed by atoms with E-state index in [-0.39, 0.29) is 0 Å². The fourth-order valence-corrected chi connectivity index (χ4v) is 2.45. The van der Waals surface area contributed by atoms with Crippen LogP contribution >= 0.6 is 0 Å². The van der Waals surface area contributed by atoms with Crippen molar-refractivity contribution in [1.29, 1.82) is 0 Å². The largest absolute Gasteiger partial charge is 0.478 e. The lowest BCUT2D eigenvalue weighted by atomic mass is 10.1. The number of aromatic carboxylic acids is 1. The van der Waals surface area contributed by atoms with Gasteiger partial charge in [-0.1, -0.05) is 6.07 Å². The molecule has 0 aliphatic carbocycles. The summed E-state index contributed by atoms with van der Waals surface area (Å²) in [6.45, 7) is 1.75. The summed E-state index contributed by atoms with van der Waals surface area (Å²) in [7, 11) is 0. The maximum Gasteiger partial charge on any atom is 0.336 e. The molecule has 20 heavy (non-hydrogen) atoms. The van der Waals surface area contributed by atoms with Crippen molar-refractivity contribution in [3.63, 3.8) is 0 Å². The average molecular weight is 269 g/mol. The van der Waals surface area contributed by atoms with Crippen molar-refractivity contribution in [1.82, 2.24) is 14.1 Å². The first kappa shape index (κ1) is 12.5. The van der Waals surface area contributed by atoms with Gasteiger partial charge in [-0.25, -0.2) is 9.78 Å². The minimum Gasteiger partial charge on any atom is -0.478 e. The molecule has 102 valence electrons. The highest BCUT2D eigenvalue weighted by Crippen LogP contribution is 2.20. The first-order valence-corrected chi connectivity index (χ1v) is 6.52. The Kier molecular flexibility index (Phi) is 3.25. The summed E-state index contributed by atoms with van der Waals surface area (Å²) in [5.74, 6) is -0.883. The van der Waals surface area contributed by atoms with Crippen LogP contribution in [0.4, 0.5) is 0 Å². The van der Waals surface area contributed by atoms with Crippen LogP contribution in [0.15, 0.2) is 49.2 Å². The first-order valence-electron chi connectivity index (χ1n) is 6.52. The van der Waals surface area contributed by atoms with Crippen molar-refractivity contribution in [3.8, 4) is 0 Å². The standard InChI is InChI=1S/C15H15N3O2/c19-15(20)13-3-1-4-14-12(13)5-9-18(14)8-2-7-17-10-6-16-11-17/h1,3-6,9-11H,2,7-8H2,(H,19,20). The van der Waals surface area contributed by atoms with E-state index in [0.717, 1.165) is 30.4 Å². The third-order valence-electron chi connectivity index (χ3n) is 3.42. The summed E-state index contributed by atoms with van der Waals surface area (Å²) in [4.78, 5) is 15.2. The summed E-state index contributed by atoms with van der Waals surface area (Å²) in [5.41, 5.74) is 1.33. The smallest absolute Gasteiger partial charge is 0.336 e. The summed E-state index contributed by atoms with van der Waals surface area (Å²) in [6, 6.07) is 7.26. The van der Waals surface area contributed by atoms with Crippen LogP contribution in [0.1, 0.15) is 16.8 Å². The molecule has 0 bridgehead atoms. The van der Waals surface area contributed by atoms with Crippen molar-refractivity contribution in [3.05, 3.63) is 54.7 Å². The molecule has 1 aromatic carbocycles. The molecule has 3 aromatic rings. The number of imidazole rings is 1. The maximum atomic E-state index is 11.2. The highest BCUT2D eigenvalue weighted by Gasteiger charge is 2.10. The number of aromatic nitrogens is 3. The van der Waals surface area contributed by atoms with Crippen molar-refractivity contribution in [2.75, 3.05) is 0 Å². The highest BCUT2D eigenvalue weighted by atomic mass is 16.4. The monoisotopic (exact) mass is 269 g/mol. The number of aryl methyl sites for hydroxylation is 2. The number of hydrogen-bond acceptors (Lipinski definition) is 2. The second-order valence-electron chi connectivity index (χ2n) is 4.71. The van der Waals surface area contributed by atoms with E-state index in [9.17, 15) is 9.90 Å². The SMILES string of the molecule is O=C(O)c1cccc2c1ccn2CCCn1ccnc1. The molecule has 0 aliphatic heterocycles. The van der Waals surface area contributed by atoms with Gasteiger partial charge in [-0.05, 0) is 24.6 Å². The van der Waals surface area contributed by atoms with Crippen molar-refractivity contribution in [2.24, 2.45) is 0 Å². The molecular formula is C15H15N3O2. The quantitative estimate of drug-likeness (QED) is 0.774. The molecule has 2 heterocycles. The van der Waals surface area contributed by atoms with E-state index in [4.69, 9.17) is 0 Å². The lowest BCUT2D eigenvalue weighted by Crippen LogP contribution is -2.02. The Labute approximate surface area is 116 Å². The number of hydrogen-bond donors (Lipinski definition) is 1. The Morgan fingerprint density at radius 2 is 2.10 bits per heavy atom. The molecule has 5 heteroatoms. The molecule has 5 nitrogen and oxygen atoms in total. The van der Waals surface area contributed by atoms with Gasteiger partial charge in [0.1, 0.15) is 0 Å². The molecule has 0 amide bonds. The zero-order valence-corrected chi connectivity index (χ0v) is 10.9. The summed E-state index contributed by atoms with van der Waals surface area (Å²) < 4.78 is 4.13. The predicted octanol–water partition coefficient (Wildman–Crippen LogP) is 2.63. The number of nitrogens with zero attached hydrogens (tertiary/aromatic N) is 3. The number of carboxylic acid groups (broad SMARTS) is 1. The topological polar surface area (TPSA) is 60.0 Å². The molecule has 0 spiro atoms. The zero-order chi connectivity index (χ0) is 13.9. The molecule has 0 atom stereocenters. The molecular weight excluding hydrogens is 254 g/mol. The van der Waals surface area contributed by atoms with Gasteiger partial charge in [0, 0.05) is 42.6 Å². The number of rotatable bonds is 5. The van der Waals surface area contributed by atoms with E-state index in [1.807, 2.05) is 29.1 Å². The predicted molar refractivity (Wildman–Crippen MR) is 75.7 cm³/mol. The minimum absolute atomic E-state index is 0.357. The molecule has 0 saturated heterocycles. The van der Waals surface area contributed by atoms with E-state index in [1.165, 1.54) is 0 Å². The van der Waals surface area contributed by atoms with Crippen LogP contribution in [0.5, 0.6) is 0 Å². The minimum atomic E-state index is -0.883. The fraction of sp³-hybridized carbons (Fsp3) is 0.200. The van der Waals surface area contributed by atoms with E-state index in [0.29, 0.717) is 5.56 Å². The van der Waals surface area contributed by atoms with Gasteiger partial charge in [-0.3, -0.25) is 0 Å². The van der Waals surface area contributed by atoms with Crippen LogP contribution < -0.4 is 0 Å². The van der Waals surface area contributed by atoms with E-state index < -0.39 is 5.97 Å². The summed E-state index contributed by atoms with van der Waals surface area (Å²) >= 11 is 0. The van der Waals surface area contributed by atoms with Gasteiger partial charge < -0.3 is 14.2 Å².